The molecule has 0 fully saturated rings. The average Bonchev–Trinajstić information content (AvgIpc) is 2.30. The Balaban J connectivity index is 4.28. The fourth-order valence-electron chi connectivity index (χ4n) is 1.23. The molecule has 0 saturated carbocycles. The van der Waals surface area contributed by atoms with Crippen LogP contribution in [0.15, 0.2) is 12.2 Å². The summed E-state index contributed by atoms with van der Waals surface area (Å²) >= 11 is 5.72. The lowest BCUT2D eigenvalue weighted by Crippen LogP contribution is -2.40. The van der Waals surface area contributed by atoms with Crippen LogP contribution < -0.4 is 0 Å². The maximum atomic E-state index is 5.73. The molecule has 0 radical (unpaired) electrons. The fraction of sp³-hybridized carbons (Fsp3) is 0.818. The van der Waals surface area contributed by atoms with Crippen LogP contribution in [0.3, 0.4) is 0 Å². The van der Waals surface area contributed by atoms with Crippen LogP contribution in [-0.2, 0) is 18.9 Å². The molecule has 0 amide bonds. The predicted octanol–water partition coefficient (Wildman–Crippen LogP) is 0.517. The van der Waals surface area contributed by atoms with Gasteiger partial charge < -0.3 is 18.9 Å². The molecule has 6 heteroatoms. The number of alkyl halides is 1. The number of ether oxygens (including phenoxy) is 4. The highest BCUT2D eigenvalue weighted by Gasteiger charge is 2.28. The third-order valence-electron chi connectivity index (χ3n) is 2.37. The van der Waals surface area contributed by atoms with E-state index in [1.54, 1.807) is 14.2 Å². The molecule has 0 N–H and O–H groups in total. The van der Waals surface area contributed by atoms with Gasteiger partial charge in [-0.05, 0) is 12.0 Å². The Morgan fingerprint density at radius 2 is 1.59 bits per heavy atom. The van der Waals surface area contributed by atoms with E-state index in [2.05, 4.69) is 6.58 Å². The number of hydrogen-bond acceptors (Lipinski definition) is 4. The van der Waals surface area contributed by atoms with Crippen molar-refractivity contribution >= 4 is 21.8 Å². The molecule has 0 aromatic rings. The van der Waals surface area contributed by atoms with Gasteiger partial charge >= 0.3 is 0 Å². The molecule has 0 heterocycles. The van der Waals surface area contributed by atoms with E-state index in [0.29, 0.717) is 49.0 Å². The highest BCUT2D eigenvalue weighted by atomic mass is 35.5. The van der Waals surface area contributed by atoms with Crippen LogP contribution in [0.25, 0.3) is 0 Å². The zero-order chi connectivity index (χ0) is 13.1. The molecule has 0 saturated heterocycles. The van der Waals surface area contributed by atoms with E-state index < -0.39 is 5.41 Å². The summed E-state index contributed by atoms with van der Waals surface area (Å²) in [5, 5.41) is 0. The van der Waals surface area contributed by atoms with Gasteiger partial charge in [-0.15, -0.1) is 11.6 Å². The monoisotopic (exact) mass is 282 g/mol. The first-order valence-corrected chi connectivity index (χ1v) is 7.14. The Hall–Kier alpha value is 0.0869. The van der Waals surface area contributed by atoms with Crippen molar-refractivity contribution in [2.75, 3.05) is 46.5 Å². The van der Waals surface area contributed by atoms with Gasteiger partial charge in [0.2, 0.25) is 0 Å². The Morgan fingerprint density at radius 1 is 1.12 bits per heavy atom. The molecule has 17 heavy (non-hydrogen) atoms. The van der Waals surface area contributed by atoms with Crippen molar-refractivity contribution in [3.8, 4) is 0 Å². The summed E-state index contributed by atoms with van der Waals surface area (Å²) in [7, 11) is 3.96. The summed E-state index contributed by atoms with van der Waals surface area (Å²) in [6.07, 6.45) is 0.686. The highest BCUT2D eigenvalue weighted by molar-refractivity contribution is 6.18. The van der Waals surface area contributed by atoms with Crippen molar-refractivity contribution in [3.63, 3.8) is 0 Å². The first-order chi connectivity index (χ1) is 8.10. The number of methoxy groups -OCH3 is 2. The summed E-state index contributed by atoms with van der Waals surface area (Å²) in [6, 6.07) is 0. The highest BCUT2D eigenvalue weighted by Crippen LogP contribution is 2.21. The van der Waals surface area contributed by atoms with Gasteiger partial charge in [-0.1, -0.05) is 6.58 Å². The molecule has 0 aromatic carbocycles. The van der Waals surface area contributed by atoms with Crippen LogP contribution in [0.1, 0.15) is 6.42 Å². The number of halogens is 1. The summed E-state index contributed by atoms with van der Waals surface area (Å²) in [5.74, 6) is 0.518. The van der Waals surface area contributed by atoms with Gasteiger partial charge in [0.1, 0.15) is 0 Å². The Labute approximate surface area is 112 Å². The molecule has 0 aliphatic carbocycles. The van der Waals surface area contributed by atoms with Gasteiger partial charge in [0.25, 0.3) is 0 Å². The van der Waals surface area contributed by atoms with Crippen LogP contribution in [0, 0.1) is 0 Å². The Kier molecular flexibility index (Phi) is 10.1. The van der Waals surface area contributed by atoms with Gasteiger partial charge in [-0.25, -0.2) is 0 Å². The van der Waals surface area contributed by atoms with Gasteiger partial charge in [-0.3, -0.25) is 0 Å². The summed E-state index contributed by atoms with van der Waals surface area (Å²) in [6.45, 7) is 6.02. The average molecular weight is 283 g/mol. The Bertz CT molecular complexity index is 204. The van der Waals surface area contributed by atoms with E-state index in [9.17, 15) is 0 Å². The van der Waals surface area contributed by atoms with E-state index in [-0.39, 0.29) is 0 Å². The van der Waals surface area contributed by atoms with E-state index in [1.165, 1.54) is 0 Å². The minimum absolute atomic E-state index is 0.480. The molecule has 0 rings (SSSR count). The maximum Gasteiger partial charge on any atom is 0.162 e. The standard InChI is InChI=1S/C11H23ClO4Si/c1-10(4-5-12)11(17,15-8-6-13-2)16-9-7-14-3/h1,4-9H2,2-3,17H3. The molecule has 0 atom stereocenters. The number of hydrogen-bond donors (Lipinski definition) is 0. The van der Waals surface area contributed by atoms with Gasteiger partial charge in [0.05, 0.1) is 36.7 Å². The summed E-state index contributed by atoms with van der Waals surface area (Å²) in [5.41, 5.74) is 0.192. The van der Waals surface area contributed by atoms with Crippen LogP contribution in [0.5, 0.6) is 0 Å². The van der Waals surface area contributed by atoms with Crippen molar-refractivity contribution in [2.24, 2.45) is 0 Å². The minimum Gasteiger partial charge on any atom is -0.382 e. The molecule has 0 bridgehead atoms. The Morgan fingerprint density at radius 3 is 1.94 bits per heavy atom. The van der Waals surface area contributed by atoms with Crippen molar-refractivity contribution in [1.82, 2.24) is 0 Å². The topological polar surface area (TPSA) is 36.9 Å². The summed E-state index contributed by atoms with van der Waals surface area (Å²) in [4.78, 5) is 0. The normalized spacial score (nSPS) is 11.9. The zero-order valence-corrected chi connectivity index (χ0v) is 13.7. The molecular formula is C11H23ClO4Si. The molecule has 0 unspecified atom stereocenters. The molecule has 0 spiro atoms. The van der Waals surface area contributed by atoms with Crippen LogP contribution in [-0.4, -0.2) is 62.2 Å². The minimum atomic E-state index is -0.689. The fourth-order valence-corrected chi connectivity index (χ4v) is 2.11. The van der Waals surface area contributed by atoms with Crippen molar-refractivity contribution in [1.29, 1.82) is 0 Å². The second-order valence-corrected chi connectivity index (χ2v) is 5.37. The predicted molar refractivity (Wildman–Crippen MR) is 72.8 cm³/mol. The molecule has 102 valence electrons. The first-order valence-electron chi connectivity index (χ1n) is 5.60. The second-order valence-electron chi connectivity index (χ2n) is 3.67. The first kappa shape index (κ1) is 17.1. The van der Waals surface area contributed by atoms with Gasteiger partial charge in [-0.2, -0.15) is 0 Å². The maximum absolute atomic E-state index is 5.73. The smallest absolute Gasteiger partial charge is 0.162 e. The molecule has 4 nitrogen and oxygen atoms in total. The van der Waals surface area contributed by atoms with Gasteiger partial charge in [0.15, 0.2) is 5.41 Å². The summed E-state index contributed by atoms with van der Waals surface area (Å²) < 4.78 is 21.4. The zero-order valence-electron chi connectivity index (χ0n) is 11.0. The molecular weight excluding hydrogens is 260 g/mol. The molecule has 0 aliphatic heterocycles. The quantitative estimate of drug-likeness (QED) is 0.182. The van der Waals surface area contributed by atoms with Crippen LogP contribution >= 0.6 is 11.6 Å². The van der Waals surface area contributed by atoms with E-state index in [0.717, 1.165) is 5.57 Å². The lowest BCUT2D eigenvalue weighted by molar-refractivity contribution is -0.166. The van der Waals surface area contributed by atoms with Crippen molar-refractivity contribution in [3.05, 3.63) is 12.2 Å². The third kappa shape index (κ3) is 7.18. The number of rotatable bonds is 11. The van der Waals surface area contributed by atoms with Crippen LogP contribution in [0.2, 0.25) is 0 Å². The van der Waals surface area contributed by atoms with Crippen molar-refractivity contribution in [2.45, 2.75) is 11.8 Å². The van der Waals surface area contributed by atoms with E-state index in [1.807, 2.05) is 0 Å². The third-order valence-corrected chi connectivity index (χ3v) is 3.84. The largest absolute Gasteiger partial charge is 0.382 e. The lowest BCUT2D eigenvalue weighted by atomic mass is 10.2. The van der Waals surface area contributed by atoms with Crippen molar-refractivity contribution < 1.29 is 18.9 Å². The second kappa shape index (κ2) is 10.1. The molecule has 0 aliphatic rings. The van der Waals surface area contributed by atoms with Crippen LogP contribution in [0.4, 0.5) is 0 Å². The van der Waals surface area contributed by atoms with Gasteiger partial charge in [0, 0.05) is 20.1 Å². The lowest BCUT2D eigenvalue weighted by Gasteiger charge is -2.32. The van der Waals surface area contributed by atoms with E-state index >= 15 is 0 Å². The SMILES string of the molecule is C=C(CCCl)C([SiH3])(OCCOC)OCCOC. The molecule has 0 aromatic heterocycles. The van der Waals surface area contributed by atoms with E-state index in [4.69, 9.17) is 30.5 Å².